The molecule has 0 amide bonds. The van der Waals surface area contributed by atoms with Crippen molar-refractivity contribution in [2.24, 2.45) is 5.92 Å². The van der Waals surface area contributed by atoms with Crippen LogP contribution in [0.25, 0.3) is 0 Å². The van der Waals surface area contributed by atoms with E-state index in [2.05, 4.69) is 18.6 Å². The van der Waals surface area contributed by atoms with Crippen molar-refractivity contribution in [3.05, 3.63) is 0 Å². The van der Waals surface area contributed by atoms with Crippen LogP contribution < -0.4 is 0 Å². The van der Waals surface area contributed by atoms with E-state index < -0.39 is 6.10 Å². The van der Waals surface area contributed by atoms with Gasteiger partial charge >= 0.3 is 5.97 Å². The van der Waals surface area contributed by atoms with Crippen LogP contribution in [0.3, 0.4) is 0 Å². The molecule has 1 N–H and O–H groups in total. The number of methoxy groups -OCH3 is 1. The van der Waals surface area contributed by atoms with Crippen LogP contribution >= 0.6 is 0 Å². The number of hydrogen-bond donors (Lipinski definition) is 1. The lowest BCUT2D eigenvalue weighted by atomic mass is 10.0. The molecular formula is C16H32O3. The Balaban J connectivity index is 3.20. The Morgan fingerprint density at radius 3 is 1.89 bits per heavy atom. The fourth-order valence-corrected chi connectivity index (χ4v) is 2.19. The molecule has 0 heterocycles. The van der Waals surface area contributed by atoms with Gasteiger partial charge < -0.3 is 9.84 Å². The van der Waals surface area contributed by atoms with Crippen LogP contribution in [-0.4, -0.2) is 24.3 Å². The molecule has 0 aliphatic heterocycles. The number of rotatable bonds is 12. The Labute approximate surface area is 118 Å². The first kappa shape index (κ1) is 18.4. The van der Waals surface area contributed by atoms with Gasteiger partial charge in [0.05, 0.1) is 19.6 Å². The molecule has 3 heteroatoms. The maximum atomic E-state index is 10.9. The topological polar surface area (TPSA) is 46.5 Å². The van der Waals surface area contributed by atoms with Crippen LogP contribution in [-0.2, 0) is 9.53 Å². The third kappa shape index (κ3) is 13.7. The highest BCUT2D eigenvalue weighted by molar-refractivity contribution is 5.69. The van der Waals surface area contributed by atoms with E-state index in [-0.39, 0.29) is 12.4 Å². The zero-order valence-corrected chi connectivity index (χ0v) is 13.0. The molecule has 0 saturated heterocycles. The molecule has 0 fully saturated rings. The van der Waals surface area contributed by atoms with E-state index in [1.54, 1.807) is 0 Å². The minimum Gasteiger partial charge on any atom is -0.469 e. The maximum Gasteiger partial charge on any atom is 0.308 e. The Morgan fingerprint density at radius 2 is 1.42 bits per heavy atom. The first-order valence-electron chi connectivity index (χ1n) is 7.81. The van der Waals surface area contributed by atoms with Crippen molar-refractivity contribution in [1.82, 2.24) is 0 Å². The molecule has 0 spiro atoms. The molecule has 0 aromatic heterocycles. The summed E-state index contributed by atoms with van der Waals surface area (Å²) < 4.78 is 4.52. The quantitative estimate of drug-likeness (QED) is 0.430. The zero-order chi connectivity index (χ0) is 14.5. The molecule has 0 radical (unpaired) electrons. The third-order valence-corrected chi connectivity index (χ3v) is 3.45. The molecule has 0 saturated carbocycles. The van der Waals surface area contributed by atoms with Crippen molar-refractivity contribution in [2.75, 3.05) is 7.11 Å². The molecule has 114 valence electrons. The number of carbonyl (C=O) groups is 1. The predicted molar refractivity (Wildman–Crippen MR) is 79.0 cm³/mol. The number of aliphatic hydroxyl groups excluding tert-OH is 1. The van der Waals surface area contributed by atoms with Crippen LogP contribution in [0.5, 0.6) is 0 Å². The molecule has 0 unspecified atom stereocenters. The molecule has 0 aliphatic carbocycles. The molecule has 0 rings (SSSR count). The summed E-state index contributed by atoms with van der Waals surface area (Å²) in [5.41, 5.74) is 0. The van der Waals surface area contributed by atoms with E-state index in [1.165, 1.54) is 45.6 Å². The van der Waals surface area contributed by atoms with Gasteiger partial charge in [-0.25, -0.2) is 0 Å². The summed E-state index contributed by atoms with van der Waals surface area (Å²) in [5.74, 6) is 0.508. The Morgan fingerprint density at radius 1 is 0.947 bits per heavy atom. The lowest BCUT2D eigenvalue weighted by Crippen LogP contribution is -2.14. The molecule has 19 heavy (non-hydrogen) atoms. The summed E-state index contributed by atoms with van der Waals surface area (Å²) in [6.45, 7) is 4.55. The summed E-state index contributed by atoms with van der Waals surface area (Å²) in [6, 6.07) is 0. The fourth-order valence-electron chi connectivity index (χ4n) is 2.19. The normalized spacial score (nSPS) is 12.7. The van der Waals surface area contributed by atoms with Gasteiger partial charge in [-0.3, -0.25) is 4.79 Å². The van der Waals surface area contributed by atoms with Gasteiger partial charge in [0.1, 0.15) is 0 Å². The smallest absolute Gasteiger partial charge is 0.308 e. The average Bonchev–Trinajstić information content (AvgIpc) is 2.36. The zero-order valence-electron chi connectivity index (χ0n) is 13.0. The standard InChI is InChI=1S/C16H32O3/c1-14(2)11-9-7-5-4-6-8-10-12-15(17)13-16(18)19-3/h14-15,17H,4-13H2,1-3H3/t15-/m1/s1. The summed E-state index contributed by atoms with van der Waals surface area (Å²) in [5, 5.41) is 9.57. The van der Waals surface area contributed by atoms with Crippen LogP contribution in [0.4, 0.5) is 0 Å². The van der Waals surface area contributed by atoms with E-state index in [9.17, 15) is 9.90 Å². The van der Waals surface area contributed by atoms with E-state index in [0.29, 0.717) is 6.42 Å². The predicted octanol–water partition coefficient (Wildman–Crippen LogP) is 4.08. The van der Waals surface area contributed by atoms with Gasteiger partial charge in [0.15, 0.2) is 0 Å². The number of carbonyl (C=O) groups excluding carboxylic acids is 1. The first-order chi connectivity index (χ1) is 9.06. The molecular weight excluding hydrogens is 240 g/mol. The van der Waals surface area contributed by atoms with Crippen molar-refractivity contribution in [3.8, 4) is 0 Å². The lowest BCUT2D eigenvalue weighted by Gasteiger charge is -2.08. The monoisotopic (exact) mass is 272 g/mol. The van der Waals surface area contributed by atoms with Crippen molar-refractivity contribution >= 4 is 5.97 Å². The molecule has 0 aromatic rings. The second kappa shape index (κ2) is 12.5. The summed E-state index contributed by atoms with van der Waals surface area (Å²) in [6.07, 6.45) is 10.4. The maximum absolute atomic E-state index is 10.9. The number of ether oxygens (including phenoxy) is 1. The van der Waals surface area contributed by atoms with Gasteiger partial charge in [0, 0.05) is 0 Å². The molecule has 0 bridgehead atoms. The first-order valence-corrected chi connectivity index (χ1v) is 7.81. The van der Waals surface area contributed by atoms with Gasteiger partial charge in [-0.1, -0.05) is 65.2 Å². The highest BCUT2D eigenvalue weighted by Gasteiger charge is 2.09. The van der Waals surface area contributed by atoms with Crippen LogP contribution in [0.2, 0.25) is 0 Å². The van der Waals surface area contributed by atoms with Crippen molar-refractivity contribution < 1.29 is 14.6 Å². The largest absolute Gasteiger partial charge is 0.469 e. The van der Waals surface area contributed by atoms with E-state index in [1.807, 2.05) is 0 Å². The van der Waals surface area contributed by atoms with E-state index in [0.717, 1.165) is 18.8 Å². The van der Waals surface area contributed by atoms with Gasteiger partial charge in [-0.2, -0.15) is 0 Å². The van der Waals surface area contributed by atoms with Crippen LogP contribution in [0, 0.1) is 5.92 Å². The second-order valence-corrected chi connectivity index (χ2v) is 5.88. The number of esters is 1. The van der Waals surface area contributed by atoms with Crippen molar-refractivity contribution in [3.63, 3.8) is 0 Å². The van der Waals surface area contributed by atoms with Gasteiger partial charge in [0.2, 0.25) is 0 Å². The van der Waals surface area contributed by atoms with E-state index in [4.69, 9.17) is 0 Å². The molecule has 1 atom stereocenters. The van der Waals surface area contributed by atoms with Gasteiger partial charge in [-0.05, 0) is 12.3 Å². The van der Waals surface area contributed by atoms with Gasteiger partial charge in [0.25, 0.3) is 0 Å². The van der Waals surface area contributed by atoms with Crippen molar-refractivity contribution in [2.45, 2.75) is 84.2 Å². The summed E-state index contributed by atoms with van der Waals surface area (Å²) >= 11 is 0. The highest BCUT2D eigenvalue weighted by atomic mass is 16.5. The number of aliphatic hydroxyl groups is 1. The lowest BCUT2D eigenvalue weighted by molar-refractivity contribution is -0.142. The molecule has 0 aliphatic rings. The Kier molecular flexibility index (Phi) is 12.1. The average molecular weight is 272 g/mol. The third-order valence-electron chi connectivity index (χ3n) is 3.45. The Hall–Kier alpha value is -0.570. The van der Waals surface area contributed by atoms with Gasteiger partial charge in [-0.15, -0.1) is 0 Å². The van der Waals surface area contributed by atoms with Crippen LogP contribution in [0.1, 0.15) is 78.1 Å². The minimum atomic E-state index is -0.529. The SMILES string of the molecule is COC(=O)C[C@H](O)CCCCCCCCCC(C)C. The van der Waals surface area contributed by atoms with Crippen LogP contribution in [0.15, 0.2) is 0 Å². The highest BCUT2D eigenvalue weighted by Crippen LogP contribution is 2.13. The summed E-state index contributed by atoms with van der Waals surface area (Å²) in [7, 11) is 1.36. The Bertz CT molecular complexity index is 214. The second-order valence-electron chi connectivity index (χ2n) is 5.88. The molecule has 3 nitrogen and oxygen atoms in total. The molecule has 0 aromatic carbocycles. The fraction of sp³-hybridized carbons (Fsp3) is 0.938. The number of hydrogen-bond acceptors (Lipinski definition) is 3. The van der Waals surface area contributed by atoms with E-state index >= 15 is 0 Å². The summed E-state index contributed by atoms with van der Waals surface area (Å²) in [4.78, 5) is 10.9. The minimum absolute atomic E-state index is 0.131. The number of unbranched alkanes of at least 4 members (excludes halogenated alkanes) is 6. The van der Waals surface area contributed by atoms with Crippen molar-refractivity contribution in [1.29, 1.82) is 0 Å².